The molecule has 2 saturated carbocycles. The first-order valence-corrected chi connectivity index (χ1v) is 15.0. The third kappa shape index (κ3) is 7.79. The van der Waals surface area contributed by atoms with Crippen LogP contribution in [-0.4, -0.2) is 18.7 Å². The average molecular weight is 545 g/mol. The van der Waals surface area contributed by atoms with Crippen LogP contribution in [0.5, 0.6) is 5.75 Å². The quantitative estimate of drug-likeness (QED) is 0.209. The second-order valence-corrected chi connectivity index (χ2v) is 11.6. The summed E-state index contributed by atoms with van der Waals surface area (Å²) >= 11 is 0. The smallest absolute Gasteiger partial charge is 0.341 e. The second kappa shape index (κ2) is 14.2. The fraction of sp³-hybridized carbons (Fsp3) is 0.606. The van der Waals surface area contributed by atoms with Gasteiger partial charge in [-0.25, -0.2) is 18.0 Å². The summed E-state index contributed by atoms with van der Waals surface area (Å²) in [6.45, 7) is 4.95. The molecular formula is C33H43F3O3. The molecule has 214 valence electrons. The molecular weight excluding hydrogens is 501 g/mol. The monoisotopic (exact) mass is 544 g/mol. The van der Waals surface area contributed by atoms with Crippen LogP contribution in [0.2, 0.25) is 0 Å². The second-order valence-electron chi connectivity index (χ2n) is 11.6. The standard InChI is InChI=1S/C33H43F3O3/c1-3-4-5-6-7-20-38-26-16-17-27(30(34)21-26)23-12-14-25(15-13-23)39-33(37)29-19-18-28(31(35)32(29)36)24-10-8-22(2)9-11-24/h16-19,21-25H,3-15,20H2,1-2H3. The van der Waals surface area contributed by atoms with E-state index in [1.807, 2.05) is 6.07 Å². The highest BCUT2D eigenvalue weighted by Crippen LogP contribution is 2.39. The summed E-state index contributed by atoms with van der Waals surface area (Å²) in [5.41, 5.74) is 0.660. The van der Waals surface area contributed by atoms with Crippen molar-refractivity contribution < 1.29 is 27.4 Å². The van der Waals surface area contributed by atoms with Crippen LogP contribution < -0.4 is 4.74 Å². The minimum atomic E-state index is -1.12. The van der Waals surface area contributed by atoms with Crippen LogP contribution in [0.15, 0.2) is 30.3 Å². The van der Waals surface area contributed by atoms with Crippen molar-refractivity contribution >= 4 is 5.97 Å². The van der Waals surface area contributed by atoms with E-state index in [1.54, 1.807) is 12.1 Å². The Morgan fingerprint density at radius 3 is 2.13 bits per heavy atom. The van der Waals surface area contributed by atoms with Gasteiger partial charge >= 0.3 is 5.97 Å². The number of esters is 1. The molecule has 0 aromatic heterocycles. The fourth-order valence-electron chi connectivity index (χ4n) is 6.14. The molecule has 0 atom stereocenters. The summed E-state index contributed by atoms with van der Waals surface area (Å²) in [4.78, 5) is 12.7. The molecule has 0 spiro atoms. The largest absolute Gasteiger partial charge is 0.493 e. The van der Waals surface area contributed by atoms with Crippen molar-refractivity contribution in [3.05, 3.63) is 64.5 Å². The predicted octanol–water partition coefficient (Wildman–Crippen LogP) is 9.63. The Labute approximate surface area is 231 Å². The first-order valence-electron chi connectivity index (χ1n) is 15.0. The first-order chi connectivity index (χ1) is 18.9. The maximum atomic E-state index is 14.9. The van der Waals surface area contributed by atoms with Crippen molar-refractivity contribution in [1.29, 1.82) is 0 Å². The summed E-state index contributed by atoms with van der Waals surface area (Å²) in [6, 6.07) is 8.00. The van der Waals surface area contributed by atoms with Gasteiger partial charge in [-0.1, -0.05) is 64.5 Å². The molecule has 0 amide bonds. The molecule has 6 heteroatoms. The van der Waals surface area contributed by atoms with Crippen molar-refractivity contribution in [2.24, 2.45) is 5.92 Å². The zero-order chi connectivity index (χ0) is 27.8. The van der Waals surface area contributed by atoms with Gasteiger partial charge in [0.05, 0.1) is 12.2 Å². The van der Waals surface area contributed by atoms with Gasteiger partial charge in [0.25, 0.3) is 0 Å². The number of benzene rings is 2. The normalized spacial score (nSPS) is 23.4. The molecule has 0 unspecified atom stereocenters. The van der Waals surface area contributed by atoms with E-state index in [1.165, 1.54) is 31.4 Å². The van der Waals surface area contributed by atoms with Crippen LogP contribution in [-0.2, 0) is 4.74 Å². The Balaban J connectivity index is 1.26. The number of rotatable bonds is 11. The zero-order valence-electron chi connectivity index (χ0n) is 23.5. The Bertz CT molecular complexity index is 1090. The van der Waals surface area contributed by atoms with Crippen LogP contribution in [0.3, 0.4) is 0 Å². The molecule has 0 bridgehead atoms. The molecule has 2 fully saturated rings. The maximum Gasteiger partial charge on any atom is 0.341 e. The van der Waals surface area contributed by atoms with E-state index in [2.05, 4.69) is 13.8 Å². The topological polar surface area (TPSA) is 35.5 Å². The summed E-state index contributed by atoms with van der Waals surface area (Å²) in [6.07, 6.45) is 11.4. The molecule has 0 heterocycles. The van der Waals surface area contributed by atoms with Gasteiger partial charge in [-0.05, 0) is 86.0 Å². The molecule has 39 heavy (non-hydrogen) atoms. The number of hydrogen-bond acceptors (Lipinski definition) is 3. The molecule has 2 aliphatic carbocycles. The average Bonchev–Trinajstić information content (AvgIpc) is 2.93. The van der Waals surface area contributed by atoms with E-state index in [9.17, 15) is 18.0 Å². The van der Waals surface area contributed by atoms with Crippen molar-refractivity contribution in [2.75, 3.05) is 6.61 Å². The predicted molar refractivity (Wildman–Crippen MR) is 148 cm³/mol. The molecule has 0 aliphatic heterocycles. The van der Waals surface area contributed by atoms with Crippen LogP contribution >= 0.6 is 0 Å². The van der Waals surface area contributed by atoms with Gasteiger partial charge in [0.2, 0.25) is 0 Å². The van der Waals surface area contributed by atoms with Gasteiger partial charge in [-0.3, -0.25) is 0 Å². The van der Waals surface area contributed by atoms with Crippen molar-refractivity contribution in [1.82, 2.24) is 0 Å². The van der Waals surface area contributed by atoms with E-state index in [4.69, 9.17) is 9.47 Å². The molecule has 2 aromatic carbocycles. The molecule has 2 aliphatic rings. The minimum absolute atomic E-state index is 0.00683. The van der Waals surface area contributed by atoms with Crippen molar-refractivity contribution in [3.8, 4) is 5.75 Å². The third-order valence-electron chi connectivity index (χ3n) is 8.66. The lowest BCUT2D eigenvalue weighted by molar-refractivity contribution is 0.0188. The summed E-state index contributed by atoms with van der Waals surface area (Å²) in [5, 5.41) is 0. The molecule has 0 radical (unpaired) electrons. The molecule has 0 saturated heterocycles. The summed E-state index contributed by atoms with van der Waals surface area (Å²) in [5.74, 6) is -1.97. The molecule has 0 N–H and O–H groups in total. The third-order valence-corrected chi connectivity index (χ3v) is 8.66. The van der Waals surface area contributed by atoms with E-state index >= 15 is 0 Å². The van der Waals surface area contributed by atoms with E-state index in [0.717, 1.165) is 38.5 Å². The Hall–Kier alpha value is -2.50. The fourth-order valence-corrected chi connectivity index (χ4v) is 6.14. The SMILES string of the molecule is CCCCCCCOc1ccc(C2CCC(OC(=O)c3ccc(C4CCC(C)CC4)c(F)c3F)CC2)c(F)c1. The number of halogens is 3. The number of hydrogen-bond donors (Lipinski definition) is 0. The lowest BCUT2D eigenvalue weighted by Gasteiger charge is -2.29. The van der Waals surface area contributed by atoms with Gasteiger partial charge in [0.1, 0.15) is 17.7 Å². The Morgan fingerprint density at radius 2 is 1.44 bits per heavy atom. The minimum Gasteiger partial charge on any atom is -0.493 e. The molecule has 2 aromatic rings. The summed E-state index contributed by atoms with van der Waals surface area (Å²) in [7, 11) is 0. The maximum absolute atomic E-state index is 14.9. The lowest BCUT2D eigenvalue weighted by atomic mass is 9.79. The highest BCUT2D eigenvalue weighted by molar-refractivity contribution is 5.90. The number of carbonyl (C=O) groups excluding carboxylic acids is 1. The highest BCUT2D eigenvalue weighted by Gasteiger charge is 2.30. The van der Waals surface area contributed by atoms with Crippen molar-refractivity contribution in [2.45, 2.75) is 115 Å². The van der Waals surface area contributed by atoms with E-state index in [-0.39, 0.29) is 23.2 Å². The summed E-state index contributed by atoms with van der Waals surface area (Å²) < 4.78 is 55.9. The Kier molecular flexibility index (Phi) is 10.8. The van der Waals surface area contributed by atoms with E-state index < -0.39 is 23.7 Å². The van der Waals surface area contributed by atoms with Gasteiger partial charge in [0, 0.05) is 6.07 Å². The van der Waals surface area contributed by atoms with Crippen LogP contribution in [0.4, 0.5) is 13.2 Å². The Morgan fingerprint density at radius 1 is 0.795 bits per heavy atom. The molecule has 4 rings (SSSR count). The van der Waals surface area contributed by atoms with Crippen molar-refractivity contribution in [3.63, 3.8) is 0 Å². The van der Waals surface area contributed by atoms with Crippen LogP contribution in [0, 0.1) is 23.4 Å². The van der Waals surface area contributed by atoms with E-state index in [0.29, 0.717) is 55.1 Å². The van der Waals surface area contributed by atoms with Gasteiger partial charge in [0.15, 0.2) is 11.6 Å². The van der Waals surface area contributed by atoms with Gasteiger partial charge in [-0.2, -0.15) is 0 Å². The van der Waals surface area contributed by atoms with Gasteiger partial charge in [-0.15, -0.1) is 0 Å². The zero-order valence-corrected chi connectivity index (χ0v) is 23.5. The number of ether oxygens (including phenoxy) is 2. The number of carbonyl (C=O) groups is 1. The molecule has 3 nitrogen and oxygen atoms in total. The van der Waals surface area contributed by atoms with Gasteiger partial charge < -0.3 is 9.47 Å². The van der Waals surface area contributed by atoms with Crippen LogP contribution in [0.1, 0.15) is 131 Å². The highest BCUT2D eigenvalue weighted by atomic mass is 19.2. The van der Waals surface area contributed by atoms with Crippen LogP contribution in [0.25, 0.3) is 0 Å². The lowest BCUT2D eigenvalue weighted by Crippen LogP contribution is -2.25. The number of unbranched alkanes of at least 4 members (excludes halogenated alkanes) is 4. The first kappa shape index (κ1) is 29.5.